The zero-order valence-electron chi connectivity index (χ0n) is 10.3. The van der Waals surface area contributed by atoms with Gasteiger partial charge in [0, 0.05) is 18.5 Å². The molecule has 0 radical (unpaired) electrons. The van der Waals surface area contributed by atoms with Crippen LogP contribution in [-0.2, 0) is 0 Å². The van der Waals surface area contributed by atoms with Crippen LogP contribution in [-0.4, -0.2) is 19.2 Å². The lowest BCUT2D eigenvalue weighted by molar-refractivity contribution is 0.262. The van der Waals surface area contributed by atoms with Gasteiger partial charge in [0.2, 0.25) is 0 Å². The second-order valence-corrected chi connectivity index (χ2v) is 5.26. The Kier molecular flexibility index (Phi) is 3.32. The van der Waals surface area contributed by atoms with Crippen LogP contribution in [0.2, 0.25) is 0 Å². The highest BCUT2D eigenvalue weighted by Crippen LogP contribution is 2.33. The van der Waals surface area contributed by atoms with Crippen molar-refractivity contribution >= 4 is 0 Å². The Hall–Kier alpha value is -1.02. The molecule has 1 N–H and O–H groups in total. The summed E-state index contributed by atoms with van der Waals surface area (Å²) >= 11 is 0. The van der Waals surface area contributed by atoms with Crippen molar-refractivity contribution in [3.05, 3.63) is 29.8 Å². The van der Waals surface area contributed by atoms with Gasteiger partial charge in [-0.3, -0.25) is 0 Å². The average Bonchev–Trinajstić information content (AvgIpc) is 2.89. The van der Waals surface area contributed by atoms with Crippen LogP contribution in [0.4, 0.5) is 0 Å². The molecule has 2 aliphatic rings. The smallest absolute Gasteiger partial charge is 0.122 e. The van der Waals surface area contributed by atoms with E-state index in [-0.39, 0.29) is 0 Å². The number of benzene rings is 1. The summed E-state index contributed by atoms with van der Waals surface area (Å²) in [6.45, 7) is 1.99. The lowest BCUT2D eigenvalue weighted by Crippen LogP contribution is -2.32. The minimum atomic E-state index is 0.639. The SMILES string of the molecule is c1ccc2c(c1)OCCC2CNC1CCCC1. The van der Waals surface area contributed by atoms with E-state index in [0.717, 1.165) is 31.4 Å². The number of hydrogen-bond acceptors (Lipinski definition) is 2. The third kappa shape index (κ3) is 2.47. The Morgan fingerprint density at radius 1 is 1.12 bits per heavy atom. The fourth-order valence-corrected chi connectivity index (χ4v) is 3.07. The predicted octanol–water partition coefficient (Wildman–Crippen LogP) is 3.08. The Morgan fingerprint density at radius 3 is 2.82 bits per heavy atom. The fourth-order valence-electron chi connectivity index (χ4n) is 3.07. The van der Waals surface area contributed by atoms with Gasteiger partial charge in [0.25, 0.3) is 0 Å². The van der Waals surface area contributed by atoms with Gasteiger partial charge in [-0.1, -0.05) is 31.0 Å². The first kappa shape index (κ1) is 11.1. The van der Waals surface area contributed by atoms with E-state index in [1.54, 1.807) is 0 Å². The first-order chi connectivity index (χ1) is 8.43. The highest BCUT2D eigenvalue weighted by molar-refractivity contribution is 5.37. The molecule has 92 valence electrons. The number of nitrogens with one attached hydrogen (secondary N) is 1. The maximum absolute atomic E-state index is 5.70. The molecule has 1 fully saturated rings. The Labute approximate surface area is 103 Å². The van der Waals surface area contributed by atoms with E-state index in [2.05, 4.69) is 29.6 Å². The monoisotopic (exact) mass is 231 g/mol. The van der Waals surface area contributed by atoms with Crippen molar-refractivity contribution in [3.63, 3.8) is 0 Å². The molecule has 0 saturated heterocycles. The topological polar surface area (TPSA) is 21.3 Å². The third-order valence-corrected chi connectivity index (χ3v) is 4.09. The van der Waals surface area contributed by atoms with Gasteiger partial charge in [0.05, 0.1) is 6.61 Å². The molecule has 0 bridgehead atoms. The van der Waals surface area contributed by atoms with E-state index in [1.807, 2.05) is 0 Å². The molecular formula is C15H21NO. The molecule has 1 aromatic carbocycles. The summed E-state index contributed by atoms with van der Waals surface area (Å²) in [5, 5.41) is 3.74. The van der Waals surface area contributed by atoms with Crippen molar-refractivity contribution in [2.45, 2.75) is 44.1 Å². The second-order valence-electron chi connectivity index (χ2n) is 5.26. The highest BCUT2D eigenvalue weighted by Gasteiger charge is 2.22. The van der Waals surface area contributed by atoms with Crippen LogP contribution >= 0.6 is 0 Å². The molecule has 17 heavy (non-hydrogen) atoms. The maximum atomic E-state index is 5.70. The van der Waals surface area contributed by atoms with Gasteiger partial charge in [-0.2, -0.15) is 0 Å². The quantitative estimate of drug-likeness (QED) is 0.863. The molecule has 1 unspecified atom stereocenters. The Balaban J connectivity index is 1.64. The van der Waals surface area contributed by atoms with Crippen LogP contribution in [0.15, 0.2) is 24.3 Å². The lowest BCUT2D eigenvalue weighted by atomic mass is 9.93. The molecule has 3 rings (SSSR count). The number of fused-ring (bicyclic) bond motifs is 1. The van der Waals surface area contributed by atoms with E-state index in [1.165, 1.54) is 31.2 Å². The fraction of sp³-hybridized carbons (Fsp3) is 0.600. The van der Waals surface area contributed by atoms with Crippen molar-refractivity contribution in [1.29, 1.82) is 0 Å². The number of para-hydroxylation sites is 1. The number of rotatable bonds is 3. The number of hydrogen-bond donors (Lipinski definition) is 1. The standard InChI is InChI=1S/C15H21NO/c1-2-6-13(5-1)16-11-12-9-10-17-15-8-4-3-7-14(12)15/h3-4,7-8,12-13,16H,1-2,5-6,9-11H2. The van der Waals surface area contributed by atoms with Crippen LogP contribution in [0.3, 0.4) is 0 Å². The summed E-state index contributed by atoms with van der Waals surface area (Å²) in [7, 11) is 0. The molecular weight excluding hydrogens is 210 g/mol. The van der Waals surface area contributed by atoms with Crippen LogP contribution in [0.1, 0.15) is 43.6 Å². The predicted molar refractivity (Wildman–Crippen MR) is 69.6 cm³/mol. The van der Waals surface area contributed by atoms with Crippen molar-refractivity contribution in [2.75, 3.05) is 13.2 Å². The first-order valence-corrected chi connectivity index (χ1v) is 6.88. The van der Waals surface area contributed by atoms with Crippen LogP contribution < -0.4 is 10.1 Å². The van der Waals surface area contributed by atoms with Gasteiger partial charge in [-0.15, -0.1) is 0 Å². The van der Waals surface area contributed by atoms with E-state index in [4.69, 9.17) is 4.74 Å². The molecule has 2 nitrogen and oxygen atoms in total. The lowest BCUT2D eigenvalue weighted by Gasteiger charge is -2.27. The van der Waals surface area contributed by atoms with Gasteiger partial charge < -0.3 is 10.1 Å². The van der Waals surface area contributed by atoms with Gasteiger partial charge in [0.15, 0.2) is 0 Å². The van der Waals surface area contributed by atoms with E-state index in [0.29, 0.717) is 5.92 Å². The minimum absolute atomic E-state index is 0.639. The second kappa shape index (κ2) is 5.09. The largest absolute Gasteiger partial charge is 0.493 e. The summed E-state index contributed by atoms with van der Waals surface area (Å²) in [5.74, 6) is 1.73. The summed E-state index contributed by atoms with van der Waals surface area (Å²) in [6.07, 6.45) is 6.69. The molecule has 1 saturated carbocycles. The Morgan fingerprint density at radius 2 is 1.94 bits per heavy atom. The van der Waals surface area contributed by atoms with Crippen molar-refractivity contribution < 1.29 is 4.74 Å². The molecule has 2 heteroatoms. The van der Waals surface area contributed by atoms with Gasteiger partial charge in [-0.05, 0) is 30.9 Å². The molecule has 1 aliphatic carbocycles. The maximum Gasteiger partial charge on any atom is 0.122 e. The molecule has 0 spiro atoms. The van der Waals surface area contributed by atoms with Gasteiger partial charge >= 0.3 is 0 Å². The van der Waals surface area contributed by atoms with Crippen LogP contribution in [0.25, 0.3) is 0 Å². The average molecular weight is 231 g/mol. The zero-order valence-corrected chi connectivity index (χ0v) is 10.3. The molecule has 0 amide bonds. The van der Waals surface area contributed by atoms with E-state index >= 15 is 0 Å². The van der Waals surface area contributed by atoms with Gasteiger partial charge in [0.1, 0.15) is 5.75 Å². The molecule has 1 atom stereocenters. The third-order valence-electron chi connectivity index (χ3n) is 4.09. The number of ether oxygens (including phenoxy) is 1. The summed E-state index contributed by atoms with van der Waals surface area (Å²) in [4.78, 5) is 0. The van der Waals surface area contributed by atoms with Gasteiger partial charge in [-0.25, -0.2) is 0 Å². The van der Waals surface area contributed by atoms with Crippen molar-refractivity contribution in [2.24, 2.45) is 0 Å². The highest BCUT2D eigenvalue weighted by atomic mass is 16.5. The normalized spacial score (nSPS) is 24.4. The molecule has 1 aromatic rings. The summed E-state index contributed by atoms with van der Waals surface area (Å²) in [6, 6.07) is 9.26. The summed E-state index contributed by atoms with van der Waals surface area (Å²) < 4.78 is 5.70. The van der Waals surface area contributed by atoms with E-state index < -0.39 is 0 Å². The van der Waals surface area contributed by atoms with Crippen LogP contribution in [0.5, 0.6) is 5.75 Å². The van der Waals surface area contributed by atoms with Crippen molar-refractivity contribution in [1.82, 2.24) is 5.32 Å². The summed E-state index contributed by atoms with van der Waals surface area (Å²) in [5.41, 5.74) is 1.39. The van der Waals surface area contributed by atoms with Crippen LogP contribution in [0, 0.1) is 0 Å². The minimum Gasteiger partial charge on any atom is -0.493 e. The molecule has 1 aliphatic heterocycles. The molecule has 1 heterocycles. The Bertz CT molecular complexity index is 371. The zero-order chi connectivity index (χ0) is 11.5. The first-order valence-electron chi connectivity index (χ1n) is 6.88. The van der Waals surface area contributed by atoms with E-state index in [9.17, 15) is 0 Å². The van der Waals surface area contributed by atoms with Crippen molar-refractivity contribution in [3.8, 4) is 5.75 Å². The molecule has 0 aromatic heterocycles.